The van der Waals surface area contributed by atoms with Crippen LogP contribution in [0.15, 0.2) is 18.2 Å². The first-order valence-corrected chi connectivity index (χ1v) is 5.80. The maximum Gasteiger partial charge on any atom is 0.336 e. The highest BCUT2D eigenvalue weighted by atomic mass is 19.3. The Kier molecular flexibility index (Phi) is 4.73. The van der Waals surface area contributed by atoms with Gasteiger partial charge in [0.05, 0.1) is 0 Å². The van der Waals surface area contributed by atoms with Gasteiger partial charge in [-0.05, 0) is 29.5 Å². The lowest BCUT2D eigenvalue weighted by atomic mass is 9.94. The molecule has 18 heavy (non-hydrogen) atoms. The van der Waals surface area contributed by atoms with E-state index in [4.69, 9.17) is 0 Å². The monoisotopic (exact) mass is 264 g/mol. The molecule has 0 heterocycles. The molecule has 0 aliphatic carbocycles. The summed E-state index contributed by atoms with van der Waals surface area (Å²) >= 11 is 0. The third-order valence-corrected chi connectivity index (χ3v) is 2.95. The minimum absolute atomic E-state index is 0.109. The molecule has 0 radical (unpaired) electrons. The van der Waals surface area contributed by atoms with Crippen LogP contribution in [0.5, 0.6) is 0 Å². The van der Waals surface area contributed by atoms with Crippen LogP contribution < -0.4 is 0 Å². The Balaban J connectivity index is 3.21. The van der Waals surface area contributed by atoms with Crippen molar-refractivity contribution >= 4 is 0 Å². The van der Waals surface area contributed by atoms with Gasteiger partial charge in [-0.1, -0.05) is 32.0 Å². The van der Waals surface area contributed by atoms with Crippen molar-refractivity contribution in [2.45, 2.75) is 45.1 Å². The molecule has 1 aromatic carbocycles. The number of aliphatic hydroxyl groups excluding tert-OH is 1. The molecule has 0 amide bonds. The Morgan fingerprint density at radius 2 is 1.78 bits per heavy atom. The second-order valence-electron chi connectivity index (χ2n) is 4.12. The molecule has 0 aliphatic rings. The molecule has 0 saturated heterocycles. The van der Waals surface area contributed by atoms with Crippen molar-refractivity contribution in [3.63, 3.8) is 0 Å². The SMILES string of the molecule is CCc1ccc(CC)c(C(O)C(F)(F)C(F)F)c1. The largest absolute Gasteiger partial charge is 0.382 e. The van der Waals surface area contributed by atoms with E-state index in [1.54, 1.807) is 19.1 Å². The van der Waals surface area contributed by atoms with Gasteiger partial charge in [0.1, 0.15) is 6.10 Å². The Labute approximate surface area is 103 Å². The molecule has 1 N–H and O–H groups in total. The van der Waals surface area contributed by atoms with Gasteiger partial charge in [-0.15, -0.1) is 0 Å². The van der Waals surface area contributed by atoms with Gasteiger partial charge in [0.25, 0.3) is 0 Å². The second-order valence-corrected chi connectivity index (χ2v) is 4.12. The molecule has 102 valence electrons. The first-order chi connectivity index (χ1) is 8.34. The number of benzene rings is 1. The fourth-order valence-corrected chi connectivity index (χ4v) is 1.77. The molecule has 0 bridgehead atoms. The van der Waals surface area contributed by atoms with Crippen LogP contribution in [0, 0.1) is 0 Å². The molecule has 1 rings (SSSR count). The first kappa shape index (κ1) is 15.0. The van der Waals surface area contributed by atoms with Crippen LogP contribution in [-0.4, -0.2) is 17.5 Å². The summed E-state index contributed by atoms with van der Waals surface area (Å²) in [6.45, 7) is 3.54. The Morgan fingerprint density at radius 3 is 2.22 bits per heavy atom. The quantitative estimate of drug-likeness (QED) is 0.803. The molecule has 1 nitrogen and oxygen atoms in total. The van der Waals surface area contributed by atoms with E-state index in [2.05, 4.69) is 0 Å². The lowest BCUT2D eigenvalue weighted by Gasteiger charge is -2.24. The van der Waals surface area contributed by atoms with E-state index in [0.717, 1.165) is 5.56 Å². The molecule has 1 atom stereocenters. The van der Waals surface area contributed by atoms with Crippen LogP contribution in [0.4, 0.5) is 17.6 Å². The number of aryl methyl sites for hydroxylation is 2. The summed E-state index contributed by atoms with van der Waals surface area (Å²) in [5, 5.41) is 9.52. The molecule has 0 fully saturated rings. The minimum atomic E-state index is -4.43. The van der Waals surface area contributed by atoms with E-state index in [-0.39, 0.29) is 5.56 Å². The van der Waals surface area contributed by atoms with E-state index in [1.165, 1.54) is 6.07 Å². The van der Waals surface area contributed by atoms with Gasteiger partial charge >= 0.3 is 12.3 Å². The molecule has 0 saturated carbocycles. The van der Waals surface area contributed by atoms with Gasteiger partial charge in [-0.25, -0.2) is 8.78 Å². The summed E-state index contributed by atoms with van der Waals surface area (Å²) < 4.78 is 50.9. The van der Waals surface area contributed by atoms with E-state index >= 15 is 0 Å². The zero-order valence-electron chi connectivity index (χ0n) is 10.3. The van der Waals surface area contributed by atoms with Crippen molar-refractivity contribution in [3.05, 3.63) is 34.9 Å². The average Bonchev–Trinajstić information content (AvgIpc) is 2.36. The Hall–Kier alpha value is -1.10. The minimum Gasteiger partial charge on any atom is -0.382 e. The number of hydrogen-bond acceptors (Lipinski definition) is 1. The molecular formula is C13H16F4O. The number of aliphatic hydroxyl groups is 1. The van der Waals surface area contributed by atoms with Crippen molar-refractivity contribution in [1.82, 2.24) is 0 Å². The van der Waals surface area contributed by atoms with Crippen molar-refractivity contribution in [2.24, 2.45) is 0 Å². The number of hydrogen-bond donors (Lipinski definition) is 1. The summed E-state index contributed by atoms with van der Waals surface area (Å²) in [6, 6.07) is 4.72. The first-order valence-electron chi connectivity index (χ1n) is 5.80. The maximum absolute atomic E-state index is 13.2. The zero-order chi connectivity index (χ0) is 13.9. The van der Waals surface area contributed by atoms with Crippen molar-refractivity contribution in [2.75, 3.05) is 0 Å². The highest BCUT2D eigenvalue weighted by molar-refractivity contribution is 5.35. The fraction of sp³-hybridized carbons (Fsp3) is 0.538. The second kappa shape index (κ2) is 5.69. The van der Waals surface area contributed by atoms with E-state index in [1.807, 2.05) is 6.92 Å². The number of halogens is 4. The molecule has 1 unspecified atom stereocenters. The van der Waals surface area contributed by atoms with E-state index in [0.29, 0.717) is 18.4 Å². The van der Waals surface area contributed by atoms with Gasteiger partial charge in [0.15, 0.2) is 0 Å². The predicted octanol–water partition coefficient (Wildman–Crippen LogP) is 3.75. The van der Waals surface area contributed by atoms with Crippen molar-refractivity contribution in [3.8, 4) is 0 Å². The van der Waals surface area contributed by atoms with Crippen LogP contribution in [-0.2, 0) is 12.8 Å². The number of rotatable bonds is 5. The highest BCUT2D eigenvalue weighted by Gasteiger charge is 2.49. The van der Waals surface area contributed by atoms with Crippen molar-refractivity contribution in [1.29, 1.82) is 0 Å². The Morgan fingerprint density at radius 1 is 1.17 bits per heavy atom. The standard InChI is InChI=1S/C13H16F4O/c1-3-8-5-6-9(4-2)10(7-8)11(18)13(16,17)12(14)15/h5-7,11-12,18H,3-4H2,1-2H3. The highest BCUT2D eigenvalue weighted by Crippen LogP contribution is 2.38. The van der Waals surface area contributed by atoms with Crippen LogP contribution in [0.3, 0.4) is 0 Å². The van der Waals surface area contributed by atoms with Gasteiger partial charge in [-0.2, -0.15) is 8.78 Å². The molecule has 0 aromatic heterocycles. The summed E-state index contributed by atoms with van der Waals surface area (Å²) in [5.74, 6) is -4.43. The smallest absolute Gasteiger partial charge is 0.336 e. The normalized spacial score (nSPS) is 14.0. The lowest BCUT2D eigenvalue weighted by molar-refractivity contribution is -0.194. The van der Waals surface area contributed by atoms with E-state index in [9.17, 15) is 22.7 Å². The predicted molar refractivity (Wildman–Crippen MR) is 61.1 cm³/mol. The third-order valence-electron chi connectivity index (χ3n) is 2.95. The van der Waals surface area contributed by atoms with Crippen molar-refractivity contribution < 1.29 is 22.7 Å². The topological polar surface area (TPSA) is 20.2 Å². The zero-order valence-corrected chi connectivity index (χ0v) is 10.3. The molecule has 0 spiro atoms. The van der Waals surface area contributed by atoms with Gasteiger partial charge < -0.3 is 5.11 Å². The third kappa shape index (κ3) is 2.83. The summed E-state index contributed by atoms with van der Waals surface area (Å²) in [7, 11) is 0. The van der Waals surface area contributed by atoms with Gasteiger partial charge in [0.2, 0.25) is 0 Å². The lowest BCUT2D eigenvalue weighted by Crippen LogP contribution is -2.34. The van der Waals surface area contributed by atoms with Crippen LogP contribution in [0.2, 0.25) is 0 Å². The molecule has 5 heteroatoms. The van der Waals surface area contributed by atoms with Gasteiger partial charge in [-0.3, -0.25) is 0 Å². The van der Waals surface area contributed by atoms with E-state index < -0.39 is 18.5 Å². The van der Waals surface area contributed by atoms with Crippen LogP contribution in [0.1, 0.15) is 36.6 Å². The summed E-state index contributed by atoms with van der Waals surface area (Å²) in [4.78, 5) is 0. The van der Waals surface area contributed by atoms with Crippen LogP contribution >= 0.6 is 0 Å². The summed E-state index contributed by atoms with van der Waals surface area (Å²) in [6.07, 6.45) is -5.37. The van der Waals surface area contributed by atoms with Gasteiger partial charge in [0, 0.05) is 0 Å². The fourth-order valence-electron chi connectivity index (χ4n) is 1.77. The number of alkyl halides is 4. The average molecular weight is 264 g/mol. The molecule has 0 aliphatic heterocycles. The molecule has 1 aromatic rings. The van der Waals surface area contributed by atoms with Crippen LogP contribution in [0.25, 0.3) is 0 Å². The Bertz CT molecular complexity index is 404. The molecular weight excluding hydrogens is 248 g/mol. The summed E-state index contributed by atoms with van der Waals surface area (Å²) in [5.41, 5.74) is 1.08. The maximum atomic E-state index is 13.2.